The SMILES string of the molecule is O=C(CCNC(=O)c1cccs1)NC(CCO)C(=O)O. The maximum Gasteiger partial charge on any atom is 0.326 e. The summed E-state index contributed by atoms with van der Waals surface area (Å²) in [4.78, 5) is 34.4. The smallest absolute Gasteiger partial charge is 0.326 e. The molecule has 0 aliphatic rings. The van der Waals surface area contributed by atoms with Crippen molar-refractivity contribution < 1.29 is 24.6 Å². The van der Waals surface area contributed by atoms with Crippen molar-refractivity contribution in [1.29, 1.82) is 0 Å². The van der Waals surface area contributed by atoms with E-state index >= 15 is 0 Å². The summed E-state index contributed by atoms with van der Waals surface area (Å²) in [5.41, 5.74) is 0. The van der Waals surface area contributed by atoms with Gasteiger partial charge >= 0.3 is 5.97 Å². The number of aliphatic hydroxyl groups is 1. The van der Waals surface area contributed by atoms with Crippen LogP contribution in [-0.4, -0.2) is 47.2 Å². The molecule has 4 N–H and O–H groups in total. The fourth-order valence-electron chi connectivity index (χ4n) is 1.44. The van der Waals surface area contributed by atoms with Crippen LogP contribution < -0.4 is 10.6 Å². The van der Waals surface area contributed by atoms with E-state index in [1.807, 2.05) is 0 Å². The van der Waals surface area contributed by atoms with Gasteiger partial charge in [-0.2, -0.15) is 0 Å². The van der Waals surface area contributed by atoms with Crippen molar-refractivity contribution in [3.05, 3.63) is 22.4 Å². The van der Waals surface area contributed by atoms with Gasteiger partial charge in [0.05, 0.1) is 4.88 Å². The second kappa shape index (κ2) is 8.28. The molecule has 0 saturated carbocycles. The van der Waals surface area contributed by atoms with E-state index in [0.717, 1.165) is 0 Å². The van der Waals surface area contributed by atoms with Crippen molar-refractivity contribution in [3.8, 4) is 0 Å². The molecule has 0 fully saturated rings. The summed E-state index contributed by atoms with van der Waals surface area (Å²) in [5, 5.41) is 24.1. The Balaban J connectivity index is 2.29. The van der Waals surface area contributed by atoms with Crippen molar-refractivity contribution >= 4 is 29.1 Å². The van der Waals surface area contributed by atoms with Crippen LogP contribution in [0.25, 0.3) is 0 Å². The van der Waals surface area contributed by atoms with Crippen LogP contribution >= 0.6 is 11.3 Å². The standard InChI is InChI=1S/C12H16N2O5S/c15-6-4-8(12(18)19)14-10(16)3-5-13-11(17)9-2-1-7-20-9/h1-2,7-8,15H,3-6H2,(H,13,17)(H,14,16)(H,18,19). The number of rotatable bonds is 8. The molecule has 20 heavy (non-hydrogen) atoms. The Morgan fingerprint density at radius 2 is 2.10 bits per heavy atom. The number of carboxylic acids is 1. The lowest BCUT2D eigenvalue weighted by atomic mass is 10.2. The maximum atomic E-state index is 11.6. The Labute approximate surface area is 119 Å². The first-order valence-electron chi connectivity index (χ1n) is 5.99. The van der Waals surface area contributed by atoms with Crippen LogP contribution in [0.15, 0.2) is 17.5 Å². The minimum absolute atomic E-state index is 0.0215. The number of carbonyl (C=O) groups is 3. The van der Waals surface area contributed by atoms with Gasteiger partial charge in [-0.1, -0.05) is 6.07 Å². The molecule has 0 saturated heterocycles. The molecular formula is C12H16N2O5S. The zero-order chi connectivity index (χ0) is 15.0. The lowest BCUT2D eigenvalue weighted by Crippen LogP contribution is -2.42. The average Bonchev–Trinajstić information content (AvgIpc) is 2.91. The van der Waals surface area contributed by atoms with E-state index in [4.69, 9.17) is 10.2 Å². The number of carboxylic acid groups (broad SMARTS) is 1. The monoisotopic (exact) mass is 300 g/mol. The van der Waals surface area contributed by atoms with E-state index < -0.39 is 17.9 Å². The van der Waals surface area contributed by atoms with Gasteiger partial charge in [0.2, 0.25) is 5.91 Å². The summed E-state index contributed by atoms with van der Waals surface area (Å²) in [6.45, 7) is -0.208. The number of thiophene rings is 1. The van der Waals surface area contributed by atoms with Crippen molar-refractivity contribution in [2.75, 3.05) is 13.2 Å². The third kappa shape index (κ3) is 5.37. The van der Waals surface area contributed by atoms with Crippen LogP contribution in [0.1, 0.15) is 22.5 Å². The fourth-order valence-corrected chi connectivity index (χ4v) is 2.08. The molecule has 1 heterocycles. The molecule has 7 nitrogen and oxygen atoms in total. The molecule has 0 aliphatic carbocycles. The molecule has 0 aromatic carbocycles. The van der Waals surface area contributed by atoms with Crippen LogP contribution in [0.4, 0.5) is 0 Å². The van der Waals surface area contributed by atoms with Gasteiger partial charge in [0.15, 0.2) is 0 Å². The van der Waals surface area contributed by atoms with Crippen LogP contribution in [0, 0.1) is 0 Å². The van der Waals surface area contributed by atoms with Crippen molar-refractivity contribution in [1.82, 2.24) is 10.6 Å². The first-order chi connectivity index (χ1) is 9.54. The molecule has 0 bridgehead atoms. The Morgan fingerprint density at radius 1 is 1.35 bits per heavy atom. The van der Waals surface area contributed by atoms with E-state index in [9.17, 15) is 14.4 Å². The second-order valence-corrected chi connectivity index (χ2v) is 4.90. The first kappa shape index (κ1) is 16.1. The van der Waals surface area contributed by atoms with Gasteiger partial charge in [-0.25, -0.2) is 4.79 Å². The Morgan fingerprint density at radius 3 is 2.65 bits per heavy atom. The summed E-state index contributed by atoms with van der Waals surface area (Å²) >= 11 is 1.29. The quantitative estimate of drug-likeness (QED) is 0.531. The normalized spacial score (nSPS) is 11.7. The van der Waals surface area contributed by atoms with Crippen molar-refractivity contribution in [2.45, 2.75) is 18.9 Å². The van der Waals surface area contributed by atoms with E-state index in [-0.39, 0.29) is 31.9 Å². The predicted octanol–water partition coefficient (Wildman–Crippen LogP) is -0.180. The Bertz CT molecular complexity index is 460. The first-order valence-corrected chi connectivity index (χ1v) is 6.87. The molecule has 8 heteroatoms. The van der Waals surface area contributed by atoms with Gasteiger partial charge in [-0.3, -0.25) is 9.59 Å². The van der Waals surface area contributed by atoms with Crippen molar-refractivity contribution in [2.24, 2.45) is 0 Å². The van der Waals surface area contributed by atoms with Gasteiger partial charge in [-0.15, -0.1) is 11.3 Å². The number of aliphatic carboxylic acids is 1. The number of carbonyl (C=O) groups excluding carboxylic acids is 2. The highest BCUT2D eigenvalue weighted by molar-refractivity contribution is 7.12. The molecular weight excluding hydrogens is 284 g/mol. The minimum Gasteiger partial charge on any atom is -0.480 e. The Hall–Kier alpha value is -1.93. The third-order valence-electron chi connectivity index (χ3n) is 2.43. The lowest BCUT2D eigenvalue weighted by Gasteiger charge is -2.13. The highest BCUT2D eigenvalue weighted by Gasteiger charge is 2.18. The highest BCUT2D eigenvalue weighted by atomic mass is 32.1. The lowest BCUT2D eigenvalue weighted by molar-refractivity contribution is -0.142. The Kier molecular flexibility index (Phi) is 6.68. The summed E-state index contributed by atoms with van der Waals surface area (Å²) in [6.07, 6.45) is -0.0745. The highest BCUT2D eigenvalue weighted by Crippen LogP contribution is 2.07. The van der Waals surface area contributed by atoms with Crippen LogP contribution in [0.2, 0.25) is 0 Å². The molecule has 1 atom stereocenters. The number of hydrogen-bond donors (Lipinski definition) is 4. The summed E-state index contributed by atoms with van der Waals surface area (Å²) in [6, 6.07) is 2.31. The van der Waals surface area contributed by atoms with Gasteiger partial charge in [0, 0.05) is 26.0 Å². The summed E-state index contributed by atoms with van der Waals surface area (Å²) in [7, 11) is 0. The van der Waals surface area contributed by atoms with Gasteiger partial charge in [-0.05, 0) is 11.4 Å². The van der Waals surface area contributed by atoms with E-state index in [1.165, 1.54) is 11.3 Å². The van der Waals surface area contributed by atoms with E-state index in [1.54, 1.807) is 17.5 Å². The van der Waals surface area contributed by atoms with Gasteiger partial charge < -0.3 is 20.8 Å². The number of nitrogens with one attached hydrogen (secondary N) is 2. The van der Waals surface area contributed by atoms with Crippen LogP contribution in [0.3, 0.4) is 0 Å². The van der Waals surface area contributed by atoms with E-state index in [0.29, 0.717) is 4.88 Å². The molecule has 0 aliphatic heterocycles. The number of amides is 2. The maximum absolute atomic E-state index is 11.6. The molecule has 0 radical (unpaired) electrons. The minimum atomic E-state index is -1.20. The molecule has 1 aromatic heterocycles. The van der Waals surface area contributed by atoms with Crippen LogP contribution in [0.5, 0.6) is 0 Å². The average molecular weight is 300 g/mol. The zero-order valence-electron chi connectivity index (χ0n) is 10.7. The van der Waals surface area contributed by atoms with E-state index in [2.05, 4.69) is 10.6 Å². The van der Waals surface area contributed by atoms with Crippen molar-refractivity contribution in [3.63, 3.8) is 0 Å². The molecule has 110 valence electrons. The second-order valence-electron chi connectivity index (χ2n) is 3.95. The number of hydrogen-bond acceptors (Lipinski definition) is 5. The summed E-state index contributed by atoms with van der Waals surface area (Å²) in [5.74, 6) is -1.95. The number of aliphatic hydroxyl groups excluding tert-OH is 1. The van der Waals surface area contributed by atoms with Gasteiger partial charge in [0.25, 0.3) is 5.91 Å². The molecule has 0 spiro atoms. The predicted molar refractivity (Wildman–Crippen MR) is 72.5 cm³/mol. The molecule has 1 unspecified atom stereocenters. The molecule has 1 rings (SSSR count). The zero-order valence-corrected chi connectivity index (χ0v) is 11.5. The molecule has 2 amide bonds. The third-order valence-corrected chi connectivity index (χ3v) is 3.30. The van der Waals surface area contributed by atoms with Crippen LogP contribution in [-0.2, 0) is 9.59 Å². The van der Waals surface area contributed by atoms with Gasteiger partial charge in [0.1, 0.15) is 6.04 Å². The topological polar surface area (TPSA) is 116 Å². The summed E-state index contributed by atoms with van der Waals surface area (Å²) < 4.78 is 0. The fraction of sp³-hybridized carbons (Fsp3) is 0.417. The molecule has 1 aromatic rings. The largest absolute Gasteiger partial charge is 0.480 e.